The number of ether oxygens (including phenoxy) is 1. The van der Waals surface area contributed by atoms with E-state index in [4.69, 9.17) is 4.74 Å². The van der Waals surface area contributed by atoms with Gasteiger partial charge in [-0.05, 0) is 36.3 Å². The van der Waals surface area contributed by atoms with E-state index >= 15 is 0 Å². The third kappa shape index (κ3) is 2.41. The fourth-order valence-corrected chi connectivity index (χ4v) is 1.30. The zero-order chi connectivity index (χ0) is 12.3. The number of aryl methyl sites for hydroxylation is 1. The van der Waals surface area contributed by atoms with E-state index in [1.165, 1.54) is 0 Å². The van der Waals surface area contributed by atoms with Gasteiger partial charge in [0.25, 0.3) is 5.91 Å². The van der Waals surface area contributed by atoms with Gasteiger partial charge in [0, 0.05) is 5.69 Å². The predicted molar refractivity (Wildman–Crippen MR) is 60.0 cm³/mol. The van der Waals surface area contributed by atoms with Crippen LogP contribution < -0.4 is 10.1 Å². The van der Waals surface area contributed by atoms with Crippen molar-refractivity contribution in [3.05, 3.63) is 35.7 Å². The number of nitrogens with zero attached hydrogens (tertiary/aromatic N) is 2. The van der Waals surface area contributed by atoms with Gasteiger partial charge in [-0.2, -0.15) is 0 Å². The molecule has 1 aromatic heterocycles. The number of amides is 1. The molecule has 0 saturated heterocycles. The zero-order valence-electron chi connectivity index (χ0n) is 9.43. The lowest BCUT2D eigenvalue weighted by Crippen LogP contribution is -2.13. The molecule has 17 heavy (non-hydrogen) atoms. The van der Waals surface area contributed by atoms with Gasteiger partial charge in [0.15, 0.2) is 5.69 Å². The summed E-state index contributed by atoms with van der Waals surface area (Å²) in [6, 6.07) is 6.98. The zero-order valence-corrected chi connectivity index (χ0v) is 9.43. The van der Waals surface area contributed by atoms with Crippen LogP contribution in [0.1, 0.15) is 16.2 Å². The Balaban J connectivity index is 2.10. The maximum atomic E-state index is 11.7. The fraction of sp³-hybridized carbons (Fsp3) is 0.182. The van der Waals surface area contributed by atoms with Gasteiger partial charge in [0.1, 0.15) is 11.4 Å². The van der Waals surface area contributed by atoms with Crippen molar-refractivity contribution in [2.75, 3.05) is 12.4 Å². The molecule has 6 nitrogen and oxygen atoms in total. The highest BCUT2D eigenvalue weighted by atomic mass is 16.6. The minimum atomic E-state index is -0.353. The molecule has 1 amide bonds. The van der Waals surface area contributed by atoms with Gasteiger partial charge in [0.2, 0.25) is 0 Å². The molecule has 0 unspecified atom stereocenters. The van der Waals surface area contributed by atoms with Crippen LogP contribution >= 0.6 is 0 Å². The summed E-state index contributed by atoms with van der Waals surface area (Å²) >= 11 is 0. The normalized spacial score (nSPS) is 10.0. The Morgan fingerprint density at radius 3 is 2.53 bits per heavy atom. The van der Waals surface area contributed by atoms with Crippen molar-refractivity contribution in [2.45, 2.75) is 6.92 Å². The van der Waals surface area contributed by atoms with Crippen molar-refractivity contribution >= 4 is 11.6 Å². The van der Waals surface area contributed by atoms with Crippen molar-refractivity contribution in [3.63, 3.8) is 0 Å². The summed E-state index contributed by atoms with van der Waals surface area (Å²) < 4.78 is 9.48. The summed E-state index contributed by atoms with van der Waals surface area (Å²) in [6.45, 7) is 1.65. The van der Waals surface area contributed by atoms with Crippen molar-refractivity contribution in [3.8, 4) is 5.75 Å². The minimum Gasteiger partial charge on any atom is -0.497 e. The number of anilines is 1. The average Bonchev–Trinajstić information content (AvgIpc) is 2.76. The highest BCUT2D eigenvalue weighted by molar-refractivity contribution is 6.03. The molecule has 0 aliphatic heterocycles. The number of benzene rings is 1. The molecule has 0 aliphatic carbocycles. The lowest BCUT2D eigenvalue weighted by atomic mass is 10.2. The predicted octanol–water partition coefficient (Wildman–Crippen LogP) is 1.64. The maximum Gasteiger partial charge on any atom is 0.279 e. The van der Waals surface area contributed by atoms with Crippen molar-refractivity contribution < 1.29 is 14.2 Å². The number of nitrogens with one attached hydrogen (secondary N) is 1. The van der Waals surface area contributed by atoms with Crippen LogP contribution in [0.5, 0.6) is 5.75 Å². The van der Waals surface area contributed by atoms with Gasteiger partial charge in [-0.25, -0.2) is 4.63 Å². The molecule has 0 aliphatic rings. The van der Waals surface area contributed by atoms with E-state index in [2.05, 4.69) is 20.3 Å². The first kappa shape index (κ1) is 11.1. The van der Waals surface area contributed by atoms with Crippen LogP contribution in [0.3, 0.4) is 0 Å². The number of carbonyl (C=O) groups is 1. The largest absolute Gasteiger partial charge is 0.497 e. The average molecular weight is 233 g/mol. The molecule has 0 atom stereocenters. The second-order valence-corrected chi connectivity index (χ2v) is 3.38. The SMILES string of the molecule is COc1ccc(NC(=O)c2nonc2C)cc1. The van der Waals surface area contributed by atoms with Crippen LogP contribution in [0, 0.1) is 6.92 Å². The summed E-state index contributed by atoms with van der Waals surface area (Å²) in [5, 5.41) is 9.74. The highest BCUT2D eigenvalue weighted by Gasteiger charge is 2.14. The number of aromatic nitrogens is 2. The summed E-state index contributed by atoms with van der Waals surface area (Å²) in [5.74, 6) is 0.371. The topological polar surface area (TPSA) is 77.2 Å². The molecular formula is C11H11N3O3. The van der Waals surface area contributed by atoms with E-state index in [0.29, 0.717) is 11.4 Å². The van der Waals surface area contributed by atoms with Crippen LogP contribution in [0.25, 0.3) is 0 Å². The minimum absolute atomic E-state index is 0.181. The van der Waals surface area contributed by atoms with E-state index in [1.54, 1.807) is 38.3 Å². The molecule has 2 aromatic rings. The molecule has 1 heterocycles. The molecule has 0 bridgehead atoms. The van der Waals surface area contributed by atoms with Crippen LogP contribution in [-0.4, -0.2) is 23.3 Å². The molecule has 0 radical (unpaired) electrons. The molecule has 88 valence electrons. The quantitative estimate of drug-likeness (QED) is 0.871. The number of rotatable bonds is 3. The third-order valence-electron chi connectivity index (χ3n) is 2.22. The summed E-state index contributed by atoms with van der Waals surface area (Å²) in [7, 11) is 1.58. The smallest absolute Gasteiger partial charge is 0.279 e. The molecule has 1 N–H and O–H groups in total. The Morgan fingerprint density at radius 2 is 2.00 bits per heavy atom. The summed E-state index contributed by atoms with van der Waals surface area (Å²) in [5.41, 5.74) is 1.29. The lowest BCUT2D eigenvalue weighted by Gasteiger charge is -2.04. The van der Waals surface area contributed by atoms with Crippen molar-refractivity contribution in [2.24, 2.45) is 0 Å². The van der Waals surface area contributed by atoms with E-state index in [-0.39, 0.29) is 11.6 Å². The van der Waals surface area contributed by atoms with Gasteiger partial charge in [0.05, 0.1) is 7.11 Å². The standard InChI is InChI=1S/C11H11N3O3/c1-7-10(14-17-13-7)11(15)12-8-3-5-9(16-2)6-4-8/h3-6H,1-2H3,(H,12,15). The van der Waals surface area contributed by atoms with Gasteiger partial charge in [-0.15, -0.1) is 0 Å². The lowest BCUT2D eigenvalue weighted by molar-refractivity contribution is 0.101. The van der Waals surface area contributed by atoms with Crippen LogP contribution in [0.4, 0.5) is 5.69 Å². The van der Waals surface area contributed by atoms with E-state index in [9.17, 15) is 4.79 Å². The Kier molecular flexibility index (Phi) is 3.04. The van der Waals surface area contributed by atoms with Crippen LogP contribution in [-0.2, 0) is 0 Å². The molecule has 1 aromatic carbocycles. The third-order valence-corrected chi connectivity index (χ3v) is 2.22. The summed E-state index contributed by atoms with van der Waals surface area (Å²) in [6.07, 6.45) is 0. The first-order valence-corrected chi connectivity index (χ1v) is 4.95. The van der Waals surface area contributed by atoms with Gasteiger partial charge in [-0.3, -0.25) is 4.79 Å². The molecule has 6 heteroatoms. The molecule has 0 fully saturated rings. The van der Waals surface area contributed by atoms with Gasteiger partial charge in [-0.1, -0.05) is 5.16 Å². The number of methoxy groups -OCH3 is 1. The van der Waals surface area contributed by atoms with Gasteiger partial charge >= 0.3 is 0 Å². The Hall–Kier alpha value is -2.37. The van der Waals surface area contributed by atoms with E-state index in [1.807, 2.05) is 0 Å². The Morgan fingerprint density at radius 1 is 1.29 bits per heavy atom. The Bertz CT molecular complexity index is 519. The van der Waals surface area contributed by atoms with Crippen LogP contribution in [0.15, 0.2) is 28.9 Å². The number of hydrogen-bond acceptors (Lipinski definition) is 5. The van der Waals surface area contributed by atoms with Crippen LogP contribution in [0.2, 0.25) is 0 Å². The molecular weight excluding hydrogens is 222 g/mol. The van der Waals surface area contributed by atoms with Crippen molar-refractivity contribution in [1.29, 1.82) is 0 Å². The summed E-state index contributed by atoms with van der Waals surface area (Å²) in [4.78, 5) is 11.7. The number of hydrogen-bond donors (Lipinski definition) is 1. The molecule has 0 spiro atoms. The van der Waals surface area contributed by atoms with E-state index in [0.717, 1.165) is 5.75 Å². The maximum absolute atomic E-state index is 11.7. The fourth-order valence-electron chi connectivity index (χ4n) is 1.30. The molecule has 2 rings (SSSR count). The first-order chi connectivity index (χ1) is 8.20. The van der Waals surface area contributed by atoms with Crippen molar-refractivity contribution in [1.82, 2.24) is 10.3 Å². The second-order valence-electron chi connectivity index (χ2n) is 3.38. The monoisotopic (exact) mass is 233 g/mol. The molecule has 0 saturated carbocycles. The highest BCUT2D eigenvalue weighted by Crippen LogP contribution is 2.15. The first-order valence-electron chi connectivity index (χ1n) is 4.95. The van der Waals surface area contributed by atoms with Gasteiger partial charge < -0.3 is 10.1 Å². The van der Waals surface area contributed by atoms with E-state index < -0.39 is 0 Å². The Labute approximate surface area is 97.5 Å². The second kappa shape index (κ2) is 4.65. The number of carbonyl (C=O) groups excluding carboxylic acids is 1.